The monoisotopic (exact) mass is 311 g/mol. The third-order valence-corrected chi connectivity index (χ3v) is 4.33. The normalized spacial score (nSPS) is 21.2. The molecule has 0 spiro atoms. The van der Waals surface area contributed by atoms with Gasteiger partial charge in [0.2, 0.25) is 11.8 Å². The van der Waals surface area contributed by atoms with Crippen LogP contribution in [0.4, 0.5) is 0 Å². The van der Waals surface area contributed by atoms with Crippen molar-refractivity contribution in [2.24, 2.45) is 5.41 Å². The largest absolute Gasteiger partial charge is 0.355 e. The fraction of sp³-hybridized carbons (Fsp3) is 0.882. The van der Waals surface area contributed by atoms with Gasteiger partial charge >= 0.3 is 0 Å². The molecule has 1 fully saturated rings. The number of carbonyl (C=O) groups excluding carboxylic acids is 2. The third-order valence-electron chi connectivity index (χ3n) is 4.33. The maximum atomic E-state index is 11.9. The van der Waals surface area contributed by atoms with E-state index < -0.39 is 5.41 Å². The third kappa shape index (κ3) is 6.34. The first-order valence-electron chi connectivity index (χ1n) is 8.52. The number of piperidine rings is 1. The first-order valence-corrected chi connectivity index (χ1v) is 8.52. The fourth-order valence-corrected chi connectivity index (χ4v) is 2.80. The predicted molar refractivity (Wildman–Crippen MR) is 89.6 cm³/mol. The average molecular weight is 311 g/mol. The SMILES string of the molecule is C[C@@H]1CCCCN1[C@H](C)CNC(=O)CCNC(=O)C(C)(C)C. The van der Waals surface area contributed by atoms with Gasteiger partial charge in [0.15, 0.2) is 0 Å². The molecule has 22 heavy (non-hydrogen) atoms. The summed E-state index contributed by atoms with van der Waals surface area (Å²) in [7, 11) is 0. The second-order valence-electron chi connectivity index (χ2n) is 7.49. The summed E-state index contributed by atoms with van der Waals surface area (Å²) in [6.07, 6.45) is 4.15. The van der Waals surface area contributed by atoms with Gasteiger partial charge in [-0.05, 0) is 33.2 Å². The Balaban J connectivity index is 2.21. The maximum absolute atomic E-state index is 11.9. The highest BCUT2D eigenvalue weighted by molar-refractivity contribution is 5.82. The van der Waals surface area contributed by atoms with Crippen LogP contribution >= 0.6 is 0 Å². The Bertz CT molecular complexity index is 377. The molecule has 0 saturated carbocycles. The average Bonchev–Trinajstić information content (AvgIpc) is 2.44. The van der Waals surface area contributed by atoms with Gasteiger partial charge in [-0.2, -0.15) is 0 Å². The summed E-state index contributed by atoms with van der Waals surface area (Å²) < 4.78 is 0. The first-order chi connectivity index (χ1) is 10.2. The van der Waals surface area contributed by atoms with Crippen LogP contribution in [0.5, 0.6) is 0 Å². The minimum atomic E-state index is -0.407. The lowest BCUT2D eigenvalue weighted by Gasteiger charge is -2.38. The molecular weight excluding hydrogens is 278 g/mol. The molecule has 0 aliphatic carbocycles. The summed E-state index contributed by atoms with van der Waals surface area (Å²) in [5.41, 5.74) is -0.407. The van der Waals surface area contributed by atoms with Crippen molar-refractivity contribution in [3.63, 3.8) is 0 Å². The van der Waals surface area contributed by atoms with Crippen LogP contribution in [-0.2, 0) is 9.59 Å². The summed E-state index contributed by atoms with van der Waals surface area (Å²) in [6.45, 7) is 12.2. The fourth-order valence-electron chi connectivity index (χ4n) is 2.80. The Hall–Kier alpha value is -1.10. The molecule has 1 aliphatic heterocycles. The first kappa shape index (κ1) is 18.9. The highest BCUT2D eigenvalue weighted by Crippen LogP contribution is 2.18. The molecule has 128 valence electrons. The van der Waals surface area contributed by atoms with Crippen LogP contribution in [0.1, 0.15) is 60.3 Å². The molecule has 0 radical (unpaired) electrons. The molecule has 1 saturated heterocycles. The molecule has 2 amide bonds. The molecule has 1 rings (SSSR count). The van der Waals surface area contributed by atoms with Crippen LogP contribution in [0.25, 0.3) is 0 Å². The topological polar surface area (TPSA) is 61.4 Å². The molecule has 0 aromatic heterocycles. The minimum absolute atomic E-state index is 0.00530. The van der Waals surface area contributed by atoms with Gasteiger partial charge in [0.25, 0.3) is 0 Å². The lowest BCUT2D eigenvalue weighted by molar-refractivity contribution is -0.128. The van der Waals surface area contributed by atoms with E-state index in [9.17, 15) is 9.59 Å². The molecule has 0 bridgehead atoms. The van der Waals surface area contributed by atoms with Gasteiger partial charge in [-0.15, -0.1) is 0 Å². The van der Waals surface area contributed by atoms with E-state index in [1.807, 2.05) is 20.8 Å². The van der Waals surface area contributed by atoms with Crippen molar-refractivity contribution in [3.05, 3.63) is 0 Å². The number of carbonyl (C=O) groups is 2. The highest BCUT2D eigenvalue weighted by atomic mass is 16.2. The van der Waals surface area contributed by atoms with E-state index in [0.717, 1.165) is 6.54 Å². The van der Waals surface area contributed by atoms with Crippen molar-refractivity contribution in [2.45, 2.75) is 72.4 Å². The van der Waals surface area contributed by atoms with Crippen molar-refractivity contribution in [2.75, 3.05) is 19.6 Å². The number of nitrogens with zero attached hydrogens (tertiary/aromatic N) is 1. The zero-order valence-electron chi connectivity index (χ0n) is 14.9. The van der Waals surface area contributed by atoms with E-state index in [4.69, 9.17) is 0 Å². The van der Waals surface area contributed by atoms with Crippen LogP contribution in [-0.4, -0.2) is 48.4 Å². The molecule has 0 aromatic carbocycles. The molecule has 0 unspecified atom stereocenters. The summed E-state index contributed by atoms with van der Waals surface area (Å²) >= 11 is 0. The number of nitrogens with one attached hydrogen (secondary N) is 2. The number of rotatable bonds is 6. The quantitative estimate of drug-likeness (QED) is 0.788. The molecule has 2 atom stereocenters. The maximum Gasteiger partial charge on any atom is 0.225 e. The van der Waals surface area contributed by atoms with Crippen LogP contribution in [0.15, 0.2) is 0 Å². The highest BCUT2D eigenvalue weighted by Gasteiger charge is 2.23. The molecule has 5 heteroatoms. The van der Waals surface area contributed by atoms with Crippen molar-refractivity contribution in [3.8, 4) is 0 Å². The van der Waals surface area contributed by atoms with Crippen LogP contribution < -0.4 is 10.6 Å². The standard InChI is InChI=1S/C17H33N3O2/c1-13-8-6-7-11-20(13)14(2)12-19-15(21)9-10-18-16(22)17(3,4)5/h13-14H,6-12H2,1-5H3,(H,18,22)(H,19,21)/t13-,14-/m1/s1. The van der Waals surface area contributed by atoms with E-state index >= 15 is 0 Å². The number of hydrogen-bond donors (Lipinski definition) is 2. The van der Waals surface area contributed by atoms with Gasteiger partial charge in [0, 0.05) is 37.0 Å². The second-order valence-corrected chi connectivity index (χ2v) is 7.49. The number of hydrogen-bond acceptors (Lipinski definition) is 3. The van der Waals surface area contributed by atoms with E-state index in [1.54, 1.807) is 0 Å². The Labute approximate surface area is 135 Å². The minimum Gasteiger partial charge on any atom is -0.355 e. The van der Waals surface area contributed by atoms with Gasteiger partial charge in [-0.25, -0.2) is 0 Å². The van der Waals surface area contributed by atoms with Crippen LogP contribution in [0.2, 0.25) is 0 Å². The van der Waals surface area contributed by atoms with Gasteiger partial charge in [-0.1, -0.05) is 27.2 Å². The van der Waals surface area contributed by atoms with Crippen molar-refractivity contribution >= 4 is 11.8 Å². The van der Waals surface area contributed by atoms with Crippen LogP contribution in [0, 0.1) is 5.41 Å². The summed E-state index contributed by atoms with van der Waals surface area (Å²) in [4.78, 5) is 26.0. The Kier molecular flexibility index (Phi) is 7.33. The van der Waals surface area contributed by atoms with Crippen molar-refractivity contribution in [1.82, 2.24) is 15.5 Å². The van der Waals surface area contributed by atoms with E-state index in [0.29, 0.717) is 31.6 Å². The van der Waals surface area contributed by atoms with Gasteiger partial charge in [0.05, 0.1) is 0 Å². The Morgan fingerprint density at radius 1 is 1.23 bits per heavy atom. The molecule has 0 aromatic rings. The van der Waals surface area contributed by atoms with Gasteiger partial charge in [0.1, 0.15) is 0 Å². The molecule has 1 heterocycles. The molecular formula is C17H33N3O2. The lowest BCUT2D eigenvalue weighted by atomic mass is 9.96. The van der Waals surface area contributed by atoms with E-state index in [1.165, 1.54) is 19.3 Å². The number of likely N-dealkylation sites (tertiary alicyclic amines) is 1. The van der Waals surface area contributed by atoms with Gasteiger partial charge < -0.3 is 10.6 Å². The summed E-state index contributed by atoms with van der Waals surface area (Å²) in [5, 5.41) is 5.78. The zero-order valence-corrected chi connectivity index (χ0v) is 14.9. The van der Waals surface area contributed by atoms with Crippen LogP contribution in [0.3, 0.4) is 0 Å². The van der Waals surface area contributed by atoms with E-state index in [-0.39, 0.29) is 11.8 Å². The second kappa shape index (κ2) is 8.51. The summed E-state index contributed by atoms with van der Waals surface area (Å²) in [5.74, 6) is -0.0125. The number of amides is 2. The molecule has 2 N–H and O–H groups in total. The summed E-state index contributed by atoms with van der Waals surface area (Å²) in [6, 6.07) is 0.968. The zero-order chi connectivity index (χ0) is 16.8. The molecule has 5 nitrogen and oxygen atoms in total. The van der Waals surface area contributed by atoms with E-state index in [2.05, 4.69) is 29.4 Å². The Morgan fingerprint density at radius 2 is 1.91 bits per heavy atom. The van der Waals surface area contributed by atoms with Crippen molar-refractivity contribution in [1.29, 1.82) is 0 Å². The lowest BCUT2D eigenvalue weighted by Crippen LogP contribution is -2.48. The molecule has 1 aliphatic rings. The van der Waals surface area contributed by atoms with Crippen molar-refractivity contribution < 1.29 is 9.59 Å². The van der Waals surface area contributed by atoms with Gasteiger partial charge in [-0.3, -0.25) is 14.5 Å². The predicted octanol–water partition coefficient (Wildman–Crippen LogP) is 1.92. The smallest absolute Gasteiger partial charge is 0.225 e. The Morgan fingerprint density at radius 3 is 2.50 bits per heavy atom.